The summed E-state index contributed by atoms with van der Waals surface area (Å²) in [4.78, 5) is 10.9. The maximum Gasteiger partial charge on any atom is 0.343 e. The summed E-state index contributed by atoms with van der Waals surface area (Å²) in [5, 5.41) is 13.0. The van der Waals surface area contributed by atoms with Gasteiger partial charge in [-0.05, 0) is 12.1 Å². The fourth-order valence-corrected chi connectivity index (χ4v) is 1.53. The molecule has 0 radical (unpaired) electrons. The fourth-order valence-electron chi connectivity index (χ4n) is 1.34. The van der Waals surface area contributed by atoms with Gasteiger partial charge in [-0.3, -0.25) is 0 Å². The van der Waals surface area contributed by atoms with Crippen LogP contribution in [0.25, 0.3) is 11.3 Å². The number of nitrogens with two attached hydrogens (primary N) is 1. The highest BCUT2D eigenvalue weighted by molar-refractivity contribution is 6.30. The van der Waals surface area contributed by atoms with Gasteiger partial charge >= 0.3 is 5.97 Å². The zero-order valence-electron chi connectivity index (χ0n) is 7.98. The van der Waals surface area contributed by atoms with Crippen LogP contribution in [0, 0.1) is 0 Å². The molecular formula is C10H7ClN2O3. The van der Waals surface area contributed by atoms with Gasteiger partial charge in [-0.1, -0.05) is 28.9 Å². The molecule has 0 aliphatic heterocycles. The van der Waals surface area contributed by atoms with E-state index in [-0.39, 0.29) is 17.1 Å². The lowest BCUT2D eigenvalue weighted by atomic mass is 10.1. The number of hydrogen-bond acceptors (Lipinski definition) is 4. The Bertz CT molecular complexity index is 551. The van der Waals surface area contributed by atoms with Crippen LogP contribution < -0.4 is 5.73 Å². The molecule has 1 aromatic carbocycles. The van der Waals surface area contributed by atoms with E-state index in [2.05, 4.69) is 9.68 Å². The molecule has 82 valence electrons. The normalized spacial score (nSPS) is 10.3. The summed E-state index contributed by atoms with van der Waals surface area (Å²) in [7, 11) is 0. The first-order chi connectivity index (χ1) is 7.59. The average molecular weight is 239 g/mol. The summed E-state index contributed by atoms with van der Waals surface area (Å²) in [5.74, 6) is -1.41. The lowest BCUT2D eigenvalue weighted by Crippen LogP contribution is -2.01. The number of aromatic nitrogens is 1. The highest BCUT2D eigenvalue weighted by atomic mass is 35.5. The van der Waals surface area contributed by atoms with E-state index in [1.165, 1.54) is 0 Å². The van der Waals surface area contributed by atoms with Crippen LogP contribution in [0.3, 0.4) is 0 Å². The predicted molar refractivity (Wildman–Crippen MR) is 58.3 cm³/mol. The van der Waals surface area contributed by atoms with E-state index in [1.807, 2.05) is 0 Å². The Kier molecular flexibility index (Phi) is 2.54. The van der Waals surface area contributed by atoms with E-state index in [4.69, 9.17) is 22.4 Å². The van der Waals surface area contributed by atoms with Gasteiger partial charge in [-0.15, -0.1) is 0 Å². The van der Waals surface area contributed by atoms with Crippen molar-refractivity contribution in [3.63, 3.8) is 0 Å². The number of carbonyl (C=O) groups is 1. The molecule has 5 nitrogen and oxygen atoms in total. The second-order valence-electron chi connectivity index (χ2n) is 3.09. The zero-order valence-corrected chi connectivity index (χ0v) is 8.73. The van der Waals surface area contributed by atoms with Gasteiger partial charge < -0.3 is 15.4 Å². The molecule has 1 heterocycles. The summed E-state index contributed by atoms with van der Waals surface area (Å²) < 4.78 is 4.66. The van der Waals surface area contributed by atoms with Crippen LogP contribution in [-0.2, 0) is 0 Å². The maximum atomic E-state index is 10.9. The Hall–Kier alpha value is -2.01. The molecule has 0 saturated heterocycles. The van der Waals surface area contributed by atoms with Crippen molar-refractivity contribution >= 4 is 23.5 Å². The lowest BCUT2D eigenvalue weighted by molar-refractivity contribution is 0.0698. The summed E-state index contributed by atoms with van der Waals surface area (Å²) in [5.41, 5.74) is 5.94. The molecule has 0 saturated carbocycles. The van der Waals surface area contributed by atoms with Crippen LogP contribution in [0.2, 0.25) is 5.02 Å². The largest absolute Gasteiger partial charge is 0.477 e. The third-order valence-corrected chi connectivity index (χ3v) is 2.27. The molecule has 0 fully saturated rings. The van der Waals surface area contributed by atoms with Gasteiger partial charge in [0.05, 0.1) is 0 Å². The molecule has 16 heavy (non-hydrogen) atoms. The maximum absolute atomic E-state index is 10.9. The number of carboxylic acids is 1. The fraction of sp³-hybridized carbons (Fsp3) is 0. The number of halogens is 1. The van der Waals surface area contributed by atoms with Crippen molar-refractivity contribution in [1.82, 2.24) is 5.16 Å². The van der Waals surface area contributed by atoms with Crippen molar-refractivity contribution in [2.75, 3.05) is 5.73 Å². The zero-order chi connectivity index (χ0) is 11.7. The van der Waals surface area contributed by atoms with Crippen molar-refractivity contribution < 1.29 is 14.4 Å². The van der Waals surface area contributed by atoms with E-state index in [1.54, 1.807) is 24.3 Å². The van der Waals surface area contributed by atoms with Gasteiger partial charge in [0.25, 0.3) is 0 Å². The van der Waals surface area contributed by atoms with Gasteiger partial charge in [0, 0.05) is 10.6 Å². The van der Waals surface area contributed by atoms with Crippen LogP contribution >= 0.6 is 11.6 Å². The van der Waals surface area contributed by atoms with E-state index < -0.39 is 5.97 Å². The standard InChI is InChI=1S/C10H7ClN2O3/c11-6-3-1-2-5(4-6)8-7(10(14)15)9(12)16-13-8/h1-4H,12H2,(H,14,15). The number of nitrogen functional groups attached to an aromatic ring is 1. The van der Waals surface area contributed by atoms with E-state index in [9.17, 15) is 4.79 Å². The molecule has 0 spiro atoms. The van der Waals surface area contributed by atoms with Crippen molar-refractivity contribution in [2.24, 2.45) is 0 Å². The Morgan fingerprint density at radius 3 is 2.88 bits per heavy atom. The molecule has 0 aliphatic rings. The van der Waals surface area contributed by atoms with Crippen molar-refractivity contribution in [3.8, 4) is 11.3 Å². The molecule has 3 N–H and O–H groups in total. The minimum absolute atomic E-state index is 0.151. The smallest absolute Gasteiger partial charge is 0.343 e. The number of nitrogens with zero attached hydrogens (tertiary/aromatic N) is 1. The Morgan fingerprint density at radius 1 is 1.50 bits per heavy atom. The first kappa shape index (κ1) is 10.5. The number of anilines is 1. The molecular weight excluding hydrogens is 232 g/mol. The molecule has 0 atom stereocenters. The highest BCUT2D eigenvalue weighted by Crippen LogP contribution is 2.28. The second-order valence-corrected chi connectivity index (χ2v) is 3.52. The SMILES string of the molecule is Nc1onc(-c2cccc(Cl)c2)c1C(=O)O. The van der Waals surface area contributed by atoms with Crippen molar-refractivity contribution in [3.05, 3.63) is 34.9 Å². The third-order valence-electron chi connectivity index (χ3n) is 2.03. The summed E-state index contributed by atoms with van der Waals surface area (Å²) in [6.45, 7) is 0. The minimum Gasteiger partial charge on any atom is -0.477 e. The summed E-state index contributed by atoms with van der Waals surface area (Å²) in [6.07, 6.45) is 0. The van der Waals surface area contributed by atoms with E-state index in [0.717, 1.165) is 0 Å². The van der Waals surface area contributed by atoms with Crippen LogP contribution in [-0.4, -0.2) is 16.2 Å². The van der Waals surface area contributed by atoms with E-state index >= 15 is 0 Å². The quantitative estimate of drug-likeness (QED) is 0.838. The van der Waals surface area contributed by atoms with Gasteiger partial charge in [-0.2, -0.15) is 0 Å². The van der Waals surface area contributed by atoms with Gasteiger partial charge in [-0.25, -0.2) is 4.79 Å². The Labute approximate surface area is 95.4 Å². The second kappa shape index (κ2) is 3.86. The van der Waals surface area contributed by atoms with Crippen LogP contribution in [0.4, 0.5) is 5.88 Å². The van der Waals surface area contributed by atoms with E-state index in [0.29, 0.717) is 10.6 Å². The molecule has 2 aromatic rings. The molecule has 2 rings (SSSR count). The molecule has 6 heteroatoms. The van der Waals surface area contributed by atoms with Gasteiger partial charge in [0.15, 0.2) is 5.56 Å². The molecule has 0 aliphatic carbocycles. The van der Waals surface area contributed by atoms with Gasteiger partial charge in [0.2, 0.25) is 5.88 Å². The number of benzene rings is 1. The molecule has 0 amide bonds. The lowest BCUT2D eigenvalue weighted by Gasteiger charge is -1.98. The summed E-state index contributed by atoms with van der Waals surface area (Å²) in [6, 6.07) is 6.63. The molecule has 1 aromatic heterocycles. The number of rotatable bonds is 2. The van der Waals surface area contributed by atoms with Crippen molar-refractivity contribution in [1.29, 1.82) is 0 Å². The average Bonchev–Trinajstić information content (AvgIpc) is 2.60. The predicted octanol–water partition coefficient (Wildman–Crippen LogP) is 2.28. The Balaban J connectivity index is 2.60. The van der Waals surface area contributed by atoms with Crippen LogP contribution in [0.1, 0.15) is 10.4 Å². The van der Waals surface area contributed by atoms with Gasteiger partial charge in [0.1, 0.15) is 5.69 Å². The molecule has 0 bridgehead atoms. The van der Waals surface area contributed by atoms with Crippen LogP contribution in [0.15, 0.2) is 28.8 Å². The van der Waals surface area contributed by atoms with Crippen molar-refractivity contribution in [2.45, 2.75) is 0 Å². The minimum atomic E-state index is -1.19. The first-order valence-corrected chi connectivity index (χ1v) is 4.72. The summed E-state index contributed by atoms with van der Waals surface area (Å²) >= 11 is 5.80. The molecule has 0 unspecified atom stereocenters. The monoisotopic (exact) mass is 238 g/mol. The number of hydrogen-bond donors (Lipinski definition) is 2. The Morgan fingerprint density at radius 2 is 2.25 bits per heavy atom. The number of carboxylic acid groups (broad SMARTS) is 1. The first-order valence-electron chi connectivity index (χ1n) is 4.34. The topological polar surface area (TPSA) is 89.4 Å². The van der Waals surface area contributed by atoms with Crippen LogP contribution in [0.5, 0.6) is 0 Å². The third kappa shape index (κ3) is 1.72. The number of aromatic carboxylic acids is 1. The highest BCUT2D eigenvalue weighted by Gasteiger charge is 2.21.